The molecular formula is C12H18ClN3O. The average Bonchev–Trinajstić information content (AvgIpc) is 2.63. The van der Waals surface area contributed by atoms with E-state index in [1.807, 2.05) is 6.92 Å². The van der Waals surface area contributed by atoms with Crippen LogP contribution in [0.2, 0.25) is 5.15 Å². The number of nitrogens with zero attached hydrogens (tertiary/aromatic N) is 3. The molecule has 0 spiro atoms. The third-order valence-electron chi connectivity index (χ3n) is 3.16. The zero-order chi connectivity index (χ0) is 12.3. The minimum atomic E-state index is 0.436. The molecule has 0 aliphatic carbocycles. The molecule has 5 heteroatoms. The molecule has 1 aromatic heterocycles. The lowest BCUT2D eigenvalue weighted by Crippen LogP contribution is -2.26. The second kappa shape index (κ2) is 5.65. The zero-order valence-corrected chi connectivity index (χ0v) is 11.1. The highest BCUT2D eigenvalue weighted by atomic mass is 35.5. The summed E-state index contributed by atoms with van der Waals surface area (Å²) in [7, 11) is 2.17. The summed E-state index contributed by atoms with van der Waals surface area (Å²) in [5, 5.41) is 0.436. The van der Waals surface area contributed by atoms with Gasteiger partial charge in [0.1, 0.15) is 11.0 Å². The second-order valence-electron chi connectivity index (χ2n) is 4.49. The first kappa shape index (κ1) is 12.6. The number of likely N-dealkylation sites (tertiary alicyclic amines) is 1. The molecule has 0 saturated carbocycles. The Hall–Kier alpha value is -0.870. The van der Waals surface area contributed by atoms with Gasteiger partial charge in [-0.3, -0.25) is 0 Å². The Morgan fingerprint density at radius 2 is 2.35 bits per heavy atom. The fourth-order valence-electron chi connectivity index (χ4n) is 2.22. The Kier molecular flexibility index (Phi) is 4.18. The van der Waals surface area contributed by atoms with Crippen molar-refractivity contribution in [2.24, 2.45) is 0 Å². The summed E-state index contributed by atoms with van der Waals surface area (Å²) < 4.78 is 5.62. The fraction of sp³-hybridized carbons (Fsp3) is 0.667. The second-order valence-corrected chi connectivity index (χ2v) is 4.88. The molecule has 1 atom stereocenters. The van der Waals surface area contributed by atoms with Crippen molar-refractivity contribution >= 4 is 11.6 Å². The predicted molar refractivity (Wildman–Crippen MR) is 67.5 cm³/mol. The summed E-state index contributed by atoms with van der Waals surface area (Å²) in [5.41, 5.74) is 0. The lowest BCUT2D eigenvalue weighted by atomic mass is 10.1. The Bertz CT molecular complexity index is 366. The van der Waals surface area contributed by atoms with Crippen LogP contribution in [0.5, 0.6) is 5.88 Å². The maximum Gasteiger partial charge on any atom is 0.218 e. The minimum Gasteiger partial charge on any atom is -0.477 e. The number of ether oxygens (including phenoxy) is 1. The van der Waals surface area contributed by atoms with Crippen LogP contribution >= 0.6 is 11.6 Å². The molecule has 0 N–H and O–H groups in total. The van der Waals surface area contributed by atoms with E-state index < -0.39 is 0 Å². The smallest absolute Gasteiger partial charge is 0.218 e. The van der Waals surface area contributed by atoms with Crippen molar-refractivity contribution in [2.45, 2.75) is 32.2 Å². The highest BCUT2D eigenvalue weighted by Crippen LogP contribution is 2.19. The number of rotatable bonds is 4. The lowest BCUT2D eigenvalue weighted by molar-refractivity contribution is 0.228. The van der Waals surface area contributed by atoms with E-state index in [9.17, 15) is 0 Å². The van der Waals surface area contributed by atoms with Gasteiger partial charge in [0, 0.05) is 12.1 Å². The molecule has 1 saturated heterocycles. The van der Waals surface area contributed by atoms with Crippen molar-refractivity contribution in [1.82, 2.24) is 14.9 Å². The van der Waals surface area contributed by atoms with E-state index in [2.05, 4.69) is 21.9 Å². The SMILES string of the molecule is Cc1nc(Cl)cc(OCCC2CCCN2C)n1. The molecule has 1 aromatic rings. The van der Waals surface area contributed by atoms with Crippen LogP contribution in [0.1, 0.15) is 25.1 Å². The van der Waals surface area contributed by atoms with Gasteiger partial charge >= 0.3 is 0 Å². The van der Waals surface area contributed by atoms with Gasteiger partial charge in [-0.25, -0.2) is 4.98 Å². The van der Waals surface area contributed by atoms with Crippen LogP contribution in [0.4, 0.5) is 0 Å². The molecule has 1 fully saturated rings. The Morgan fingerprint density at radius 1 is 1.53 bits per heavy atom. The number of aryl methyl sites for hydroxylation is 1. The summed E-state index contributed by atoms with van der Waals surface area (Å²) in [6, 6.07) is 2.31. The van der Waals surface area contributed by atoms with Crippen LogP contribution in [0.15, 0.2) is 6.07 Å². The summed E-state index contributed by atoms with van der Waals surface area (Å²) >= 11 is 5.84. The van der Waals surface area contributed by atoms with Gasteiger partial charge in [-0.15, -0.1) is 0 Å². The van der Waals surface area contributed by atoms with E-state index in [4.69, 9.17) is 16.3 Å². The molecule has 0 bridgehead atoms. The molecule has 0 aromatic carbocycles. The van der Waals surface area contributed by atoms with E-state index in [-0.39, 0.29) is 0 Å². The standard InChI is InChI=1S/C12H18ClN3O/c1-9-14-11(13)8-12(15-9)17-7-5-10-4-3-6-16(10)2/h8,10H,3-7H2,1-2H3. The molecule has 4 nitrogen and oxygen atoms in total. The first-order chi connectivity index (χ1) is 8.15. The van der Waals surface area contributed by atoms with Gasteiger partial charge in [0.2, 0.25) is 5.88 Å². The van der Waals surface area contributed by atoms with E-state index in [0.717, 1.165) is 6.42 Å². The van der Waals surface area contributed by atoms with Crippen LogP contribution in [0.25, 0.3) is 0 Å². The maximum absolute atomic E-state index is 5.84. The number of halogens is 1. The van der Waals surface area contributed by atoms with Crippen molar-refractivity contribution in [2.75, 3.05) is 20.2 Å². The molecule has 1 unspecified atom stereocenters. The zero-order valence-electron chi connectivity index (χ0n) is 10.3. The molecule has 1 aliphatic heterocycles. The first-order valence-corrected chi connectivity index (χ1v) is 6.37. The molecule has 1 aliphatic rings. The molecule has 0 amide bonds. The normalized spacial score (nSPS) is 20.8. The predicted octanol–water partition coefficient (Wildman–Crippen LogP) is 2.30. The van der Waals surface area contributed by atoms with E-state index in [1.54, 1.807) is 6.07 Å². The average molecular weight is 256 g/mol. The van der Waals surface area contributed by atoms with Crippen LogP contribution in [-0.2, 0) is 0 Å². The van der Waals surface area contributed by atoms with Crippen molar-refractivity contribution in [3.05, 3.63) is 17.0 Å². The third-order valence-corrected chi connectivity index (χ3v) is 3.35. The third kappa shape index (κ3) is 3.54. The quantitative estimate of drug-likeness (QED) is 0.774. The van der Waals surface area contributed by atoms with Gasteiger partial charge in [0.15, 0.2) is 0 Å². The van der Waals surface area contributed by atoms with Crippen LogP contribution in [-0.4, -0.2) is 41.1 Å². The monoisotopic (exact) mass is 255 g/mol. The molecule has 2 rings (SSSR count). The molecule has 2 heterocycles. The number of hydrogen-bond acceptors (Lipinski definition) is 4. The van der Waals surface area contributed by atoms with Crippen LogP contribution in [0.3, 0.4) is 0 Å². The molecule has 94 valence electrons. The number of hydrogen-bond donors (Lipinski definition) is 0. The largest absolute Gasteiger partial charge is 0.477 e. The summed E-state index contributed by atoms with van der Waals surface area (Å²) in [4.78, 5) is 10.6. The summed E-state index contributed by atoms with van der Waals surface area (Å²) in [5.74, 6) is 1.22. The minimum absolute atomic E-state index is 0.436. The summed E-state index contributed by atoms with van der Waals surface area (Å²) in [6.45, 7) is 3.69. The van der Waals surface area contributed by atoms with Gasteiger partial charge in [-0.05, 0) is 39.8 Å². The van der Waals surface area contributed by atoms with Crippen LogP contribution in [0, 0.1) is 6.92 Å². The highest BCUT2D eigenvalue weighted by molar-refractivity contribution is 6.29. The maximum atomic E-state index is 5.84. The Morgan fingerprint density at radius 3 is 3.00 bits per heavy atom. The lowest BCUT2D eigenvalue weighted by Gasteiger charge is -2.19. The fourth-order valence-corrected chi connectivity index (χ4v) is 2.44. The van der Waals surface area contributed by atoms with Gasteiger partial charge in [0.05, 0.1) is 6.61 Å². The highest BCUT2D eigenvalue weighted by Gasteiger charge is 2.20. The van der Waals surface area contributed by atoms with Gasteiger partial charge < -0.3 is 9.64 Å². The molecular weight excluding hydrogens is 238 g/mol. The van der Waals surface area contributed by atoms with Crippen molar-refractivity contribution < 1.29 is 4.74 Å². The Labute approximate surface area is 107 Å². The van der Waals surface area contributed by atoms with E-state index in [0.29, 0.717) is 29.5 Å². The van der Waals surface area contributed by atoms with Crippen molar-refractivity contribution in [3.8, 4) is 5.88 Å². The van der Waals surface area contributed by atoms with E-state index in [1.165, 1.54) is 19.4 Å². The number of aromatic nitrogens is 2. The van der Waals surface area contributed by atoms with Gasteiger partial charge in [-0.2, -0.15) is 4.98 Å². The van der Waals surface area contributed by atoms with Crippen LogP contribution < -0.4 is 4.74 Å². The topological polar surface area (TPSA) is 38.2 Å². The molecule has 17 heavy (non-hydrogen) atoms. The van der Waals surface area contributed by atoms with Gasteiger partial charge in [-0.1, -0.05) is 11.6 Å². The molecule has 0 radical (unpaired) electrons. The van der Waals surface area contributed by atoms with E-state index >= 15 is 0 Å². The summed E-state index contributed by atoms with van der Waals surface area (Å²) in [6.07, 6.45) is 3.60. The van der Waals surface area contributed by atoms with Crippen molar-refractivity contribution in [3.63, 3.8) is 0 Å². The van der Waals surface area contributed by atoms with Crippen molar-refractivity contribution in [1.29, 1.82) is 0 Å². The Balaban J connectivity index is 1.81. The van der Waals surface area contributed by atoms with Gasteiger partial charge in [0.25, 0.3) is 0 Å². The first-order valence-electron chi connectivity index (χ1n) is 5.99.